The molecule has 0 spiro atoms. The second-order valence-electron chi connectivity index (χ2n) is 4.59. The molecule has 1 aliphatic rings. The van der Waals surface area contributed by atoms with E-state index in [-0.39, 0.29) is 5.56 Å². The lowest BCUT2D eigenvalue weighted by molar-refractivity contribution is 1.29. The van der Waals surface area contributed by atoms with Crippen LogP contribution in [0.4, 0.5) is 5.69 Å². The summed E-state index contributed by atoms with van der Waals surface area (Å²) >= 11 is 3.18. The summed E-state index contributed by atoms with van der Waals surface area (Å²) in [5.41, 5.74) is 0.929. The van der Waals surface area contributed by atoms with Crippen molar-refractivity contribution in [1.29, 1.82) is 0 Å². The van der Waals surface area contributed by atoms with Crippen molar-refractivity contribution in [3.05, 3.63) is 68.9 Å². The number of benzene rings is 2. The van der Waals surface area contributed by atoms with Crippen LogP contribution >= 0.6 is 23.1 Å². The molecule has 3 aromatic rings. The zero-order valence-electron chi connectivity index (χ0n) is 10.9. The van der Waals surface area contributed by atoms with Crippen LogP contribution in [0, 0.1) is 0 Å². The van der Waals surface area contributed by atoms with Gasteiger partial charge < -0.3 is 5.32 Å². The lowest BCUT2D eigenvalue weighted by Gasteiger charge is -1.99. The summed E-state index contributed by atoms with van der Waals surface area (Å²) in [7, 11) is 0. The zero-order valence-corrected chi connectivity index (χ0v) is 12.5. The van der Waals surface area contributed by atoms with Gasteiger partial charge in [-0.15, -0.1) is 11.3 Å². The van der Waals surface area contributed by atoms with Crippen LogP contribution in [-0.2, 0) is 0 Å². The minimum absolute atomic E-state index is 0.170. The Morgan fingerprint density at radius 1 is 1.05 bits per heavy atom. The van der Waals surface area contributed by atoms with Crippen LogP contribution in [0.15, 0.2) is 63.3 Å². The maximum Gasteiger partial charge on any atom is 0.279 e. The normalized spacial score (nSPS) is 15.1. The molecule has 4 rings (SSSR count). The van der Waals surface area contributed by atoms with Crippen molar-refractivity contribution in [3.8, 4) is 0 Å². The molecule has 0 saturated carbocycles. The zero-order chi connectivity index (χ0) is 14.2. The number of para-hydroxylation sites is 1. The fourth-order valence-electron chi connectivity index (χ4n) is 2.20. The first-order chi connectivity index (χ1) is 10.3. The summed E-state index contributed by atoms with van der Waals surface area (Å²) in [6, 6.07) is 15.7. The number of nitrogens with one attached hydrogen (secondary N) is 1. The van der Waals surface area contributed by atoms with Crippen molar-refractivity contribution in [1.82, 2.24) is 4.98 Å². The van der Waals surface area contributed by atoms with E-state index in [4.69, 9.17) is 0 Å². The van der Waals surface area contributed by atoms with Crippen LogP contribution in [0.25, 0.3) is 16.2 Å². The summed E-state index contributed by atoms with van der Waals surface area (Å²) < 4.78 is 0.963. The molecule has 0 aliphatic carbocycles. The number of rotatable bonds is 1. The van der Waals surface area contributed by atoms with E-state index in [1.165, 1.54) is 16.2 Å². The molecule has 0 saturated heterocycles. The van der Waals surface area contributed by atoms with Crippen LogP contribution < -0.4 is 10.9 Å². The summed E-state index contributed by atoms with van der Waals surface area (Å²) in [6.07, 6.45) is 1.93. The molecule has 1 aliphatic heterocycles. The van der Waals surface area contributed by atoms with Gasteiger partial charge in [0.25, 0.3) is 5.56 Å². The fraction of sp³-hybridized carbons (Fsp3) is 0. The van der Waals surface area contributed by atoms with Crippen molar-refractivity contribution >= 4 is 44.9 Å². The number of hydrogen-bond acceptors (Lipinski definition) is 5. The van der Waals surface area contributed by atoms with Gasteiger partial charge in [-0.05, 0) is 24.3 Å². The topological polar surface area (TPSA) is 42.0 Å². The molecule has 0 atom stereocenters. The van der Waals surface area contributed by atoms with Gasteiger partial charge in [0, 0.05) is 15.7 Å². The lowest BCUT2D eigenvalue weighted by Crippen LogP contribution is -2.06. The van der Waals surface area contributed by atoms with Gasteiger partial charge in [-0.1, -0.05) is 36.0 Å². The van der Waals surface area contributed by atoms with Crippen molar-refractivity contribution in [2.75, 3.05) is 5.32 Å². The SMILES string of the molecule is O=c1nc(C=C2Nc3ccccc3S2)sc2ccccc12. The van der Waals surface area contributed by atoms with E-state index in [1.807, 2.05) is 48.5 Å². The predicted molar refractivity (Wildman–Crippen MR) is 89.8 cm³/mol. The largest absolute Gasteiger partial charge is 0.349 e. The summed E-state index contributed by atoms with van der Waals surface area (Å²) in [6.45, 7) is 0. The van der Waals surface area contributed by atoms with Gasteiger partial charge in [0.05, 0.1) is 16.1 Å². The third kappa shape index (κ3) is 2.34. The first-order valence-corrected chi connectivity index (χ1v) is 8.08. The van der Waals surface area contributed by atoms with E-state index in [9.17, 15) is 4.79 Å². The Kier molecular flexibility index (Phi) is 3.02. The maximum atomic E-state index is 12.0. The van der Waals surface area contributed by atoms with E-state index in [1.54, 1.807) is 11.8 Å². The van der Waals surface area contributed by atoms with Gasteiger partial charge in [-0.2, -0.15) is 4.98 Å². The quantitative estimate of drug-likeness (QED) is 0.732. The Bertz CT molecular complexity index is 904. The molecular formula is C16H10N2OS2. The van der Waals surface area contributed by atoms with Crippen LogP contribution in [-0.4, -0.2) is 4.98 Å². The Balaban J connectivity index is 1.76. The second-order valence-corrected chi connectivity index (χ2v) is 6.73. The predicted octanol–water partition coefficient (Wildman–Crippen LogP) is 4.17. The minimum Gasteiger partial charge on any atom is -0.349 e. The monoisotopic (exact) mass is 310 g/mol. The van der Waals surface area contributed by atoms with Gasteiger partial charge in [0.1, 0.15) is 5.01 Å². The van der Waals surface area contributed by atoms with Crippen molar-refractivity contribution < 1.29 is 0 Å². The van der Waals surface area contributed by atoms with E-state index >= 15 is 0 Å². The molecule has 21 heavy (non-hydrogen) atoms. The van der Waals surface area contributed by atoms with Crippen LogP contribution in [0.5, 0.6) is 0 Å². The Labute approximate surface area is 129 Å². The van der Waals surface area contributed by atoms with Crippen molar-refractivity contribution in [3.63, 3.8) is 0 Å². The van der Waals surface area contributed by atoms with E-state index in [0.29, 0.717) is 5.39 Å². The maximum absolute atomic E-state index is 12.0. The molecule has 0 bridgehead atoms. The Morgan fingerprint density at radius 2 is 1.86 bits per heavy atom. The molecule has 0 radical (unpaired) electrons. The van der Waals surface area contributed by atoms with Crippen LogP contribution in [0.3, 0.4) is 0 Å². The van der Waals surface area contributed by atoms with Crippen molar-refractivity contribution in [2.24, 2.45) is 0 Å². The Morgan fingerprint density at radius 3 is 2.76 bits per heavy atom. The van der Waals surface area contributed by atoms with Crippen LogP contribution in [0.2, 0.25) is 0 Å². The van der Waals surface area contributed by atoms with Gasteiger partial charge in [-0.25, -0.2) is 0 Å². The third-order valence-electron chi connectivity index (χ3n) is 3.16. The molecular weight excluding hydrogens is 300 g/mol. The molecule has 5 heteroatoms. The standard InChI is InChI=1S/C16H10N2OS2/c19-16-10-5-1-3-7-12(10)20-15(18-16)9-14-17-11-6-2-4-8-13(11)21-14/h1-9,17H. The first kappa shape index (κ1) is 12.6. The fourth-order valence-corrected chi connectivity index (χ4v) is 4.16. The highest BCUT2D eigenvalue weighted by atomic mass is 32.2. The number of aromatic nitrogens is 1. The number of anilines is 1. The lowest BCUT2D eigenvalue weighted by atomic mass is 10.3. The van der Waals surface area contributed by atoms with Gasteiger partial charge >= 0.3 is 0 Å². The summed E-state index contributed by atoms with van der Waals surface area (Å²) in [5, 5.41) is 5.74. The van der Waals surface area contributed by atoms with E-state index in [2.05, 4.69) is 16.4 Å². The smallest absolute Gasteiger partial charge is 0.279 e. The molecule has 2 heterocycles. The molecule has 1 aromatic heterocycles. The summed E-state index contributed by atoms with van der Waals surface area (Å²) in [4.78, 5) is 17.4. The van der Waals surface area contributed by atoms with Gasteiger partial charge in [0.2, 0.25) is 0 Å². The minimum atomic E-state index is -0.170. The Hall–Kier alpha value is -2.11. The first-order valence-electron chi connectivity index (χ1n) is 6.45. The van der Waals surface area contributed by atoms with Gasteiger partial charge in [-0.3, -0.25) is 4.79 Å². The molecule has 1 N–H and O–H groups in total. The number of fused-ring (bicyclic) bond motifs is 2. The average molecular weight is 310 g/mol. The molecule has 2 aromatic carbocycles. The van der Waals surface area contributed by atoms with Gasteiger partial charge in [0.15, 0.2) is 0 Å². The highest BCUT2D eigenvalue weighted by Crippen LogP contribution is 2.41. The second kappa shape index (κ2) is 5.02. The number of hydrogen-bond donors (Lipinski definition) is 1. The molecule has 0 unspecified atom stereocenters. The number of nitrogens with zero attached hydrogens (tertiary/aromatic N) is 1. The highest BCUT2D eigenvalue weighted by Gasteiger charge is 2.15. The molecule has 0 amide bonds. The van der Waals surface area contributed by atoms with Crippen LogP contribution in [0.1, 0.15) is 5.01 Å². The number of thioether (sulfide) groups is 1. The molecule has 0 fully saturated rings. The molecule has 3 nitrogen and oxygen atoms in total. The molecule has 102 valence electrons. The summed E-state index contributed by atoms with van der Waals surface area (Å²) in [5.74, 6) is 0. The van der Waals surface area contributed by atoms with E-state index in [0.717, 1.165) is 20.4 Å². The third-order valence-corrected chi connectivity index (χ3v) is 5.17. The van der Waals surface area contributed by atoms with Crippen molar-refractivity contribution in [2.45, 2.75) is 4.90 Å². The average Bonchev–Trinajstić information content (AvgIpc) is 2.89. The highest BCUT2D eigenvalue weighted by molar-refractivity contribution is 8.03. The van der Waals surface area contributed by atoms with E-state index < -0.39 is 0 Å².